The van der Waals surface area contributed by atoms with Crippen LogP contribution in [0.5, 0.6) is 11.6 Å². The molecule has 1 N–H and O–H groups in total. The fourth-order valence-electron chi connectivity index (χ4n) is 3.89. The van der Waals surface area contributed by atoms with Gasteiger partial charge in [-0.1, -0.05) is 42.5 Å². The number of halogens is 1. The predicted octanol–water partition coefficient (Wildman–Crippen LogP) is 4.55. The summed E-state index contributed by atoms with van der Waals surface area (Å²) in [6, 6.07) is 16.4. The van der Waals surface area contributed by atoms with Crippen LogP contribution < -0.4 is 4.74 Å². The van der Waals surface area contributed by atoms with Crippen molar-refractivity contribution in [3.05, 3.63) is 78.6 Å². The summed E-state index contributed by atoms with van der Waals surface area (Å²) in [6.45, 7) is 5.32. The summed E-state index contributed by atoms with van der Waals surface area (Å²) < 4.78 is 27.1. The van der Waals surface area contributed by atoms with Crippen LogP contribution in [0.3, 0.4) is 0 Å². The molecule has 1 aliphatic carbocycles. The Labute approximate surface area is 193 Å². The lowest BCUT2D eigenvalue weighted by Crippen LogP contribution is -2.36. The number of hydrogen-bond donors (Lipinski definition) is 1. The molecule has 0 aliphatic heterocycles. The fourth-order valence-corrected chi connectivity index (χ4v) is 3.89. The summed E-state index contributed by atoms with van der Waals surface area (Å²) in [5, 5.41) is 15.3. The van der Waals surface area contributed by atoms with Crippen LogP contribution in [-0.4, -0.2) is 51.7 Å². The summed E-state index contributed by atoms with van der Waals surface area (Å²) in [6.07, 6.45) is 3.22. The highest BCUT2D eigenvalue weighted by Gasteiger charge is 2.33. The second kappa shape index (κ2) is 10.7. The van der Waals surface area contributed by atoms with Crippen molar-refractivity contribution in [1.29, 1.82) is 0 Å². The Morgan fingerprint density at radius 3 is 2.73 bits per heavy atom. The van der Waals surface area contributed by atoms with Gasteiger partial charge in [-0.25, -0.2) is 9.07 Å². The predicted molar refractivity (Wildman–Crippen MR) is 126 cm³/mol. The van der Waals surface area contributed by atoms with Crippen LogP contribution >= 0.6 is 0 Å². The molecule has 0 saturated heterocycles. The number of aliphatic hydroxyl groups excluding tert-OH is 1. The van der Waals surface area contributed by atoms with Crippen molar-refractivity contribution in [2.75, 3.05) is 19.8 Å². The maximum absolute atomic E-state index is 13.8. The van der Waals surface area contributed by atoms with Gasteiger partial charge in [0.15, 0.2) is 0 Å². The number of rotatable bonds is 12. The molecule has 3 aromatic rings. The SMILES string of the molecule is C=CCOC[C@@H](O)CN(Cc1c(-c2ccccc2)nn(C)c1Oc1cccc(F)c1)C1CC1. The number of ether oxygens (including phenoxy) is 2. The van der Waals surface area contributed by atoms with Gasteiger partial charge in [0, 0.05) is 37.8 Å². The maximum atomic E-state index is 13.8. The minimum absolute atomic E-state index is 0.250. The molecule has 1 fully saturated rings. The lowest BCUT2D eigenvalue weighted by atomic mass is 10.1. The molecular weight excluding hydrogens is 421 g/mol. The van der Waals surface area contributed by atoms with Gasteiger partial charge in [-0.2, -0.15) is 5.10 Å². The highest BCUT2D eigenvalue weighted by atomic mass is 19.1. The molecule has 1 atom stereocenters. The van der Waals surface area contributed by atoms with Crippen LogP contribution in [0.4, 0.5) is 4.39 Å². The van der Waals surface area contributed by atoms with Crippen molar-refractivity contribution in [3.8, 4) is 22.9 Å². The molecule has 6 nitrogen and oxygen atoms in total. The van der Waals surface area contributed by atoms with Crippen LogP contribution in [0.15, 0.2) is 67.3 Å². The first-order valence-corrected chi connectivity index (χ1v) is 11.2. The summed E-state index contributed by atoms with van der Waals surface area (Å²) in [5.74, 6) is 0.610. The quantitative estimate of drug-likeness (QED) is 0.324. The van der Waals surface area contributed by atoms with Crippen LogP contribution in [0.1, 0.15) is 18.4 Å². The molecule has 1 saturated carbocycles. The molecule has 0 amide bonds. The van der Waals surface area contributed by atoms with Gasteiger partial charge in [-0.15, -0.1) is 6.58 Å². The summed E-state index contributed by atoms with van der Waals surface area (Å²) in [7, 11) is 1.82. The van der Waals surface area contributed by atoms with Gasteiger partial charge in [0.05, 0.1) is 24.9 Å². The third-order valence-corrected chi connectivity index (χ3v) is 5.56. The lowest BCUT2D eigenvalue weighted by molar-refractivity contribution is 0.0227. The van der Waals surface area contributed by atoms with Crippen LogP contribution in [-0.2, 0) is 18.3 Å². The van der Waals surface area contributed by atoms with E-state index in [1.807, 2.05) is 37.4 Å². The molecule has 7 heteroatoms. The number of aromatic nitrogens is 2. The van der Waals surface area contributed by atoms with Crippen molar-refractivity contribution in [3.63, 3.8) is 0 Å². The standard InChI is InChI=1S/C26H30FN3O3/c1-3-14-32-18-22(31)16-30(21-12-13-21)17-24-25(19-8-5-4-6-9-19)28-29(2)26(24)33-23-11-7-10-20(27)15-23/h3-11,15,21-22,31H,1,12-14,16-18H2,2H3/t22-/m0/s1. The van der Waals surface area contributed by atoms with Gasteiger partial charge in [0.2, 0.25) is 5.88 Å². The van der Waals surface area contributed by atoms with E-state index in [0.717, 1.165) is 29.7 Å². The minimum Gasteiger partial charge on any atom is -0.439 e. The Bertz CT molecular complexity index is 1070. The Hall–Kier alpha value is -3.00. The summed E-state index contributed by atoms with van der Waals surface area (Å²) in [4.78, 5) is 2.25. The molecule has 1 heterocycles. The van der Waals surface area contributed by atoms with E-state index in [9.17, 15) is 9.50 Å². The first-order valence-electron chi connectivity index (χ1n) is 11.2. The zero-order valence-corrected chi connectivity index (χ0v) is 18.9. The second-order valence-corrected chi connectivity index (χ2v) is 8.32. The second-order valence-electron chi connectivity index (χ2n) is 8.32. The van der Waals surface area contributed by atoms with Gasteiger partial charge in [0.25, 0.3) is 0 Å². The Morgan fingerprint density at radius 1 is 1.24 bits per heavy atom. The van der Waals surface area contributed by atoms with E-state index in [1.165, 1.54) is 12.1 Å². The Balaban J connectivity index is 1.64. The Kier molecular flexibility index (Phi) is 7.54. The molecular formula is C26H30FN3O3. The van der Waals surface area contributed by atoms with Gasteiger partial charge >= 0.3 is 0 Å². The lowest BCUT2D eigenvalue weighted by Gasteiger charge is -2.25. The third-order valence-electron chi connectivity index (χ3n) is 5.56. The number of hydrogen-bond acceptors (Lipinski definition) is 5. The third kappa shape index (κ3) is 6.07. The monoisotopic (exact) mass is 451 g/mol. The number of benzene rings is 2. The average molecular weight is 452 g/mol. The van der Waals surface area contributed by atoms with E-state index in [4.69, 9.17) is 14.6 Å². The largest absolute Gasteiger partial charge is 0.439 e. The molecule has 0 spiro atoms. The molecule has 0 unspecified atom stereocenters. The summed E-state index contributed by atoms with van der Waals surface area (Å²) in [5.41, 5.74) is 2.69. The van der Waals surface area contributed by atoms with Crippen LogP contribution in [0, 0.1) is 5.82 Å². The zero-order valence-electron chi connectivity index (χ0n) is 18.9. The van der Waals surface area contributed by atoms with Crippen LogP contribution in [0.2, 0.25) is 0 Å². The molecule has 33 heavy (non-hydrogen) atoms. The molecule has 4 rings (SSSR count). The molecule has 0 radical (unpaired) electrons. The van der Waals surface area contributed by atoms with E-state index in [1.54, 1.807) is 22.9 Å². The molecule has 174 valence electrons. The highest BCUT2D eigenvalue weighted by Crippen LogP contribution is 2.37. The van der Waals surface area contributed by atoms with Crippen molar-refractivity contribution in [1.82, 2.24) is 14.7 Å². The van der Waals surface area contributed by atoms with E-state index in [0.29, 0.717) is 37.4 Å². The van der Waals surface area contributed by atoms with Gasteiger partial charge < -0.3 is 14.6 Å². The topological polar surface area (TPSA) is 59.8 Å². The van der Waals surface area contributed by atoms with Gasteiger partial charge in [-0.05, 0) is 25.0 Å². The number of aliphatic hydroxyl groups is 1. The smallest absolute Gasteiger partial charge is 0.222 e. The van der Waals surface area contributed by atoms with Gasteiger partial charge in [-0.3, -0.25) is 4.90 Å². The van der Waals surface area contributed by atoms with E-state index >= 15 is 0 Å². The van der Waals surface area contributed by atoms with Crippen molar-refractivity contribution in [2.45, 2.75) is 31.5 Å². The number of nitrogens with zero attached hydrogens (tertiary/aromatic N) is 3. The highest BCUT2D eigenvalue weighted by molar-refractivity contribution is 5.65. The number of aryl methyl sites for hydroxylation is 1. The van der Waals surface area contributed by atoms with Crippen molar-refractivity contribution < 1.29 is 19.0 Å². The minimum atomic E-state index is -0.616. The maximum Gasteiger partial charge on any atom is 0.222 e. The zero-order chi connectivity index (χ0) is 23.2. The van der Waals surface area contributed by atoms with E-state index in [2.05, 4.69) is 11.5 Å². The fraction of sp³-hybridized carbons (Fsp3) is 0.346. The van der Waals surface area contributed by atoms with Crippen molar-refractivity contribution >= 4 is 0 Å². The van der Waals surface area contributed by atoms with Crippen LogP contribution in [0.25, 0.3) is 11.3 Å². The molecule has 1 aromatic heterocycles. The summed E-state index contributed by atoms with van der Waals surface area (Å²) >= 11 is 0. The normalized spacial score (nSPS) is 14.4. The first-order chi connectivity index (χ1) is 16.0. The van der Waals surface area contributed by atoms with Crippen molar-refractivity contribution in [2.24, 2.45) is 7.05 Å². The molecule has 0 bridgehead atoms. The molecule has 1 aliphatic rings. The first kappa shape index (κ1) is 23.2. The molecule has 2 aromatic carbocycles. The Morgan fingerprint density at radius 2 is 2.03 bits per heavy atom. The van der Waals surface area contributed by atoms with E-state index in [-0.39, 0.29) is 12.4 Å². The van der Waals surface area contributed by atoms with Gasteiger partial charge in [0.1, 0.15) is 17.3 Å². The van der Waals surface area contributed by atoms with E-state index < -0.39 is 6.10 Å². The average Bonchev–Trinajstić information content (AvgIpc) is 3.61.